The summed E-state index contributed by atoms with van der Waals surface area (Å²) in [6, 6.07) is 16.9. The highest BCUT2D eigenvalue weighted by Crippen LogP contribution is 2.33. The molecular formula is C23H17Cl2N3O2S2. The smallest absolute Gasteiger partial charge is 0.261 e. The molecule has 4 aromatic rings. The maximum Gasteiger partial charge on any atom is 0.261 e. The van der Waals surface area contributed by atoms with E-state index >= 15 is 0 Å². The number of nitrogens with one attached hydrogen (secondary N) is 2. The van der Waals surface area contributed by atoms with Crippen LogP contribution in [0, 0.1) is 6.92 Å². The molecule has 4 rings (SSSR count). The molecule has 0 fully saturated rings. The Labute approximate surface area is 204 Å². The summed E-state index contributed by atoms with van der Waals surface area (Å²) >= 11 is 19.0. The Kier molecular flexibility index (Phi) is 6.62. The summed E-state index contributed by atoms with van der Waals surface area (Å²) < 4.78 is 6.37. The van der Waals surface area contributed by atoms with Gasteiger partial charge in [-0.15, -0.1) is 11.3 Å². The number of aromatic nitrogens is 1. The summed E-state index contributed by atoms with van der Waals surface area (Å²) in [4.78, 5) is 17.3. The topological polar surface area (TPSA) is 63.2 Å². The molecule has 0 spiro atoms. The number of thiocarbonyl (C=S) groups is 1. The quantitative estimate of drug-likeness (QED) is 0.304. The van der Waals surface area contributed by atoms with Crippen molar-refractivity contribution in [2.45, 2.75) is 6.92 Å². The van der Waals surface area contributed by atoms with Crippen LogP contribution >= 0.6 is 46.8 Å². The molecule has 0 aliphatic heterocycles. The molecule has 1 amide bonds. The fourth-order valence-electron chi connectivity index (χ4n) is 3.12. The van der Waals surface area contributed by atoms with E-state index in [4.69, 9.17) is 45.1 Å². The van der Waals surface area contributed by atoms with Crippen LogP contribution in [0.5, 0.6) is 5.75 Å². The van der Waals surface area contributed by atoms with Gasteiger partial charge in [0, 0.05) is 16.3 Å². The second kappa shape index (κ2) is 9.42. The molecule has 0 aliphatic rings. The van der Waals surface area contributed by atoms with Crippen molar-refractivity contribution in [1.82, 2.24) is 10.3 Å². The number of carbonyl (C=O) groups excluding carboxylic acids is 1. The highest BCUT2D eigenvalue weighted by molar-refractivity contribution is 7.80. The fourth-order valence-corrected chi connectivity index (χ4v) is 4.97. The number of fused-ring (bicyclic) bond motifs is 1. The van der Waals surface area contributed by atoms with Crippen LogP contribution in [0.25, 0.3) is 20.8 Å². The van der Waals surface area contributed by atoms with E-state index in [1.165, 1.54) is 24.8 Å². The summed E-state index contributed by atoms with van der Waals surface area (Å²) in [5.74, 6) is -0.253. The SMILES string of the molecule is COc1c(Cl)cc(Cl)cc1C(=O)NC(=S)Nc1ccc(-c2nc3ccc(C)cc3s2)cc1. The number of hydrogen-bond donors (Lipinski definition) is 2. The predicted molar refractivity (Wildman–Crippen MR) is 136 cm³/mol. The summed E-state index contributed by atoms with van der Waals surface area (Å²) in [5, 5.41) is 7.25. The number of hydrogen-bond acceptors (Lipinski definition) is 5. The summed E-state index contributed by atoms with van der Waals surface area (Å²) in [6.07, 6.45) is 0. The van der Waals surface area contributed by atoms with E-state index in [1.54, 1.807) is 11.3 Å². The van der Waals surface area contributed by atoms with E-state index in [-0.39, 0.29) is 21.4 Å². The number of benzene rings is 3. The van der Waals surface area contributed by atoms with Gasteiger partial charge in [0.15, 0.2) is 5.11 Å². The average molecular weight is 502 g/mol. The van der Waals surface area contributed by atoms with Gasteiger partial charge in [-0.05, 0) is 73.2 Å². The second-order valence-electron chi connectivity index (χ2n) is 6.94. The van der Waals surface area contributed by atoms with Gasteiger partial charge >= 0.3 is 0 Å². The van der Waals surface area contributed by atoms with Crippen LogP contribution in [0.15, 0.2) is 54.6 Å². The zero-order valence-electron chi connectivity index (χ0n) is 17.0. The molecule has 9 heteroatoms. The molecule has 0 saturated carbocycles. The molecule has 32 heavy (non-hydrogen) atoms. The average Bonchev–Trinajstić information content (AvgIpc) is 3.16. The molecule has 2 N–H and O–H groups in total. The third-order valence-corrected chi connectivity index (χ3v) is 6.39. The number of anilines is 1. The number of ether oxygens (including phenoxy) is 1. The van der Waals surface area contributed by atoms with Gasteiger partial charge in [0.05, 0.1) is 27.9 Å². The molecule has 1 aromatic heterocycles. The van der Waals surface area contributed by atoms with Gasteiger partial charge in [0.2, 0.25) is 0 Å². The van der Waals surface area contributed by atoms with E-state index in [0.717, 1.165) is 26.5 Å². The van der Waals surface area contributed by atoms with E-state index in [9.17, 15) is 4.79 Å². The lowest BCUT2D eigenvalue weighted by Gasteiger charge is -2.13. The van der Waals surface area contributed by atoms with Gasteiger partial charge in [-0.2, -0.15) is 0 Å². The van der Waals surface area contributed by atoms with E-state index in [0.29, 0.717) is 5.02 Å². The molecule has 0 bridgehead atoms. The van der Waals surface area contributed by atoms with Gasteiger partial charge in [-0.1, -0.05) is 29.3 Å². The van der Waals surface area contributed by atoms with Crippen LogP contribution in [0.2, 0.25) is 10.0 Å². The molecule has 0 unspecified atom stereocenters. The Bertz CT molecular complexity index is 1340. The van der Waals surface area contributed by atoms with E-state index in [1.807, 2.05) is 30.3 Å². The van der Waals surface area contributed by atoms with Crippen molar-refractivity contribution in [2.24, 2.45) is 0 Å². The van der Waals surface area contributed by atoms with E-state index in [2.05, 4.69) is 29.7 Å². The highest BCUT2D eigenvalue weighted by Gasteiger charge is 2.18. The fraction of sp³-hybridized carbons (Fsp3) is 0.0870. The number of aryl methyl sites for hydroxylation is 1. The number of rotatable bonds is 4. The first-order valence-corrected chi connectivity index (χ1v) is 11.4. The summed E-state index contributed by atoms with van der Waals surface area (Å²) in [5.41, 5.74) is 4.11. The number of halogens is 2. The number of carbonyl (C=O) groups is 1. The third-order valence-electron chi connectivity index (χ3n) is 4.62. The zero-order chi connectivity index (χ0) is 22.8. The first-order chi connectivity index (χ1) is 15.3. The number of methoxy groups -OCH3 is 1. The Morgan fingerprint density at radius 2 is 1.84 bits per heavy atom. The summed E-state index contributed by atoms with van der Waals surface area (Å²) in [6.45, 7) is 2.07. The molecule has 5 nitrogen and oxygen atoms in total. The molecular weight excluding hydrogens is 485 g/mol. The maximum absolute atomic E-state index is 12.6. The van der Waals surface area contributed by atoms with Crippen molar-refractivity contribution < 1.29 is 9.53 Å². The lowest BCUT2D eigenvalue weighted by molar-refractivity contribution is 0.0975. The molecule has 0 radical (unpaired) electrons. The largest absolute Gasteiger partial charge is 0.494 e. The first kappa shape index (κ1) is 22.5. The van der Waals surface area contributed by atoms with Gasteiger partial charge in [0.25, 0.3) is 5.91 Å². The molecule has 3 aromatic carbocycles. The minimum absolute atomic E-state index is 0.136. The molecule has 0 aliphatic carbocycles. The standard InChI is InChI=1S/C23H17Cl2N3O2S2/c1-12-3-8-18-19(9-12)32-22(27-18)13-4-6-15(7-5-13)26-23(31)28-21(29)16-10-14(24)11-17(25)20(16)30-2/h3-11H,1-2H3,(H2,26,28,29,31). The van der Waals surface area contributed by atoms with Gasteiger partial charge in [-0.3, -0.25) is 10.1 Å². The van der Waals surface area contributed by atoms with Gasteiger partial charge < -0.3 is 10.1 Å². The monoisotopic (exact) mass is 501 g/mol. The lowest BCUT2D eigenvalue weighted by atomic mass is 10.2. The van der Waals surface area contributed by atoms with Crippen LogP contribution in [0.4, 0.5) is 5.69 Å². The highest BCUT2D eigenvalue weighted by atomic mass is 35.5. The molecule has 162 valence electrons. The zero-order valence-corrected chi connectivity index (χ0v) is 20.2. The Balaban J connectivity index is 1.45. The molecule has 1 heterocycles. The Morgan fingerprint density at radius 3 is 2.56 bits per heavy atom. The predicted octanol–water partition coefficient (Wildman–Crippen LogP) is 6.71. The van der Waals surface area contributed by atoms with Crippen LogP contribution in [0.3, 0.4) is 0 Å². The summed E-state index contributed by atoms with van der Waals surface area (Å²) in [7, 11) is 1.43. The van der Waals surface area contributed by atoms with Crippen molar-refractivity contribution in [1.29, 1.82) is 0 Å². The maximum atomic E-state index is 12.6. The first-order valence-electron chi connectivity index (χ1n) is 9.47. The van der Waals surface area contributed by atoms with Crippen molar-refractivity contribution >= 4 is 73.7 Å². The van der Waals surface area contributed by atoms with E-state index < -0.39 is 5.91 Å². The number of thiazole rings is 1. The van der Waals surface area contributed by atoms with Crippen molar-refractivity contribution in [3.05, 3.63) is 75.8 Å². The molecule has 0 saturated heterocycles. The lowest BCUT2D eigenvalue weighted by Crippen LogP contribution is -2.34. The Morgan fingerprint density at radius 1 is 1.09 bits per heavy atom. The van der Waals surface area contributed by atoms with Crippen molar-refractivity contribution in [2.75, 3.05) is 12.4 Å². The van der Waals surface area contributed by atoms with Gasteiger partial charge in [0.1, 0.15) is 10.8 Å². The van der Waals surface area contributed by atoms with Crippen molar-refractivity contribution in [3.8, 4) is 16.3 Å². The van der Waals surface area contributed by atoms with Crippen LogP contribution in [-0.4, -0.2) is 23.1 Å². The van der Waals surface area contributed by atoms with Gasteiger partial charge in [-0.25, -0.2) is 4.98 Å². The Hall–Kier alpha value is -2.71. The molecule has 0 atom stereocenters. The normalized spacial score (nSPS) is 10.8. The van der Waals surface area contributed by atoms with Crippen molar-refractivity contribution in [3.63, 3.8) is 0 Å². The number of nitrogens with zero attached hydrogens (tertiary/aromatic N) is 1. The van der Waals surface area contributed by atoms with Crippen LogP contribution < -0.4 is 15.4 Å². The minimum atomic E-state index is -0.481. The van der Waals surface area contributed by atoms with Crippen LogP contribution in [-0.2, 0) is 0 Å². The third kappa shape index (κ3) is 4.86. The number of amides is 1. The van der Waals surface area contributed by atoms with Crippen LogP contribution in [0.1, 0.15) is 15.9 Å². The second-order valence-corrected chi connectivity index (χ2v) is 9.23. The minimum Gasteiger partial charge on any atom is -0.494 e.